The summed E-state index contributed by atoms with van der Waals surface area (Å²) in [5.74, 6) is 0. The van der Waals surface area contributed by atoms with Crippen LogP contribution < -0.4 is 5.32 Å². The topological polar surface area (TPSA) is 12.0 Å². The molecule has 3 heteroatoms. The Morgan fingerprint density at radius 3 is 2.65 bits per heavy atom. The van der Waals surface area contributed by atoms with Crippen molar-refractivity contribution in [2.24, 2.45) is 0 Å². The lowest BCUT2D eigenvalue weighted by Crippen LogP contribution is -2.24. The molecule has 0 spiro atoms. The van der Waals surface area contributed by atoms with Crippen molar-refractivity contribution in [1.82, 2.24) is 5.32 Å². The van der Waals surface area contributed by atoms with Gasteiger partial charge in [-0.05, 0) is 77.4 Å². The second kappa shape index (κ2) is 7.43. The van der Waals surface area contributed by atoms with Gasteiger partial charge in [-0.2, -0.15) is 0 Å². The SMILES string of the molecule is CCNC(Cc1ccccc1C)c1cc(Cl)ccc1I. The zero-order valence-corrected chi connectivity index (χ0v) is 14.7. The van der Waals surface area contributed by atoms with Gasteiger partial charge in [0.25, 0.3) is 0 Å². The van der Waals surface area contributed by atoms with E-state index >= 15 is 0 Å². The van der Waals surface area contributed by atoms with Crippen LogP contribution in [-0.2, 0) is 6.42 Å². The number of nitrogens with one attached hydrogen (secondary N) is 1. The van der Waals surface area contributed by atoms with Crippen LogP contribution in [0.4, 0.5) is 0 Å². The van der Waals surface area contributed by atoms with E-state index in [-0.39, 0.29) is 0 Å². The van der Waals surface area contributed by atoms with E-state index in [0.29, 0.717) is 6.04 Å². The molecule has 0 bridgehead atoms. The number of halogens is 2. The predicted molar refractivity (Wildman–Crippen MR) is 95.5 cm³/mol. The van der Waals surface area contributed by atoms with Crippen molar-refractivity contribution in [2.75, 3.05) is 6.54 Å². The lowest BCUT2D eigenvalue weighted by atomic mass is 9.96. The Hall–Kier alpha value is -0.580. The molecule has 0 aliphatic rings. The summed E-state index contributed by atoms with van der Waals surface area (Å²) >= 11 is 8.55. The van der Waals surface area contributed by atoms with Gasteiger partial charge in [-0.3, -0.25) is 0 Å². The van der Waals surface area contributed by atoms with Crippen molar-refractivity contribution in [3.63, 3.8) is 0 Å². The summed E-state index contributed by atoms with van der Waals surface area (Å²) in [6.07, 6.45) is 0.983. The van der Waals surface area contributed by atoms with Crippen molar-refractivity contribution in [1.29, 1.82) is 0 Å². The molecule has 1 N–H and O–H groups in total. The Morgan fingerprint density at radius 1 is 1.20 bits per heavy atom. The van der Waals surface area contributed by atoms with Gasteiger partial charge in [-0.25, -0.2) is 0 Å². The second-order valence-corrected chi connectivity index (χ2v) is 6.51. The quantitative estimate of drug-likeness (QED) is 0.686. The van der Waals surface area contributed by atoms with Gasteiger partial charge in [0.15, 0.2) is 0 Å². The van der Waals surface area contributed by atoms with Gasteiger partial charge < -0.3 is 5.32 Å². The molecule has 106 valence electrons. The van der Waals surface area contributed by atoms with Gasteiger partial charge in [0.05, 0.1) is 0 Å². The van der Waals surface area contributed by atoms with E-state index in [1.807, 2.05) is 6.07 Å². The highest BCUT2D eigenvalue weighted by Crippen LogP contribution is 2.27. The first kappa shape index (κ1) is 15.8. The molecule has 0 amide bonds. The van der Waals surface area contributed by atoms with Crippen LogP contribution in [0.5, 0.6) is 0 Å². The maximum Gasteiger partial charge on any atom is 0.0410 e. The normalized spacial score (nSPS) is 12.4. The van der Waals surface area contributed by atoms with E-state index in [2.05, 4.69) is 78.2 Å². The van der Waals surface area contributed by atoms with Crippen LogP contribution in [0.2, 0.25) is 5.02 Å². The van der Waals surface area contributed by atoms with Crippen molar-refractivity contribution < 1.29 is 0 Å². The highest BCUT2D eigenvalue weighted by molar-refractivity contribution is 14.1. The summed E-state index contributed by atoms with van der Waals surface area (Å²) in [6, 6.07) is 15.0. The van der Waals surface area contributed by atoms with Crippen LogP contribution in [-0.4, -0.2) is 6.54 Å². The van der Waals surface area contributed by atoms with Gasteiger partial charge in [0, 0.05) is 14.6 Å². The third-order valence-electron chi connectivity index (χ3n) is 3.47. The molecule has 0 heterocycles. The average molecular weight is 400 g/mol. The van der Waals surface area contributed by atoms with Gasteiger partial charge in [0.1, 0.15) is 0 Å². The second-order valence-electron chi connectivity index (χ2n) is 4.91. The Labute approximate surface area is 139 Å². The Bertz CT molecular complexity index is 583. The first-order valence-corrected chi connectivity index (χ1v) is 8.30. The lowest BCUT2D eigenvalue weighted by Gasteiger charge is -2.21. The third-order valence-corrected chi connectivity index (χ3v) is 4.69. The summed E-state index contributed by atoms with van der Waals surface area (Å²) in [5, 5.41) is 4.38. The smallest absolute Gasteiger partial charge is 0.0410 e. The monoisotopic (exact) mass is 399 g/mol. The Balaban J connectivity index is 2.32. The minimum atomic E-state index is 0.298. The molecule has 0 aliphatic carbocycles. The first-order valence-electron chi connectivity index (χ1n) is 6.84. The molecule has 0 saturated carbocycles. The lowest BCUT2D eigenvalue weighted by molar-refractivity contribution is 0.546. The highest BCUT2D eigenvalue weighted by Gasteiger charge is 2.15. The number of likely N-dealkylation sites (N-methyl/N-ethyl adjacent to an activating group) is 1. The summed E-state index contributed by atoms with van der Waals surface area (Å²) in [7, 11) is 0. The van der Waals surface area contributed by atoms with Gasteiger partial charge in [-0.15, -0.1) is 0 Å². The molecule has 0 aliphatic heterocycles. The molecular formula is C17H19ClIN. The molecule has 1 atom stereocenters. The van der Waals surface area contributed by atoms with Crippen LogP contribution >= 0.6 is 34.2 Å². The number of rotatable bonds is 5. The molecule has 2 rings (SSSR count). The summed E-state index contributed by atoms with van der Waals surface area (Å²) in [4.78, 5) is 0. The van der Waals surface area contributed by atoms with Crippen LogP contribution in [0.15, 0.2) is 42.5 Å². The highest BCUT2D eigenvalue weighted by atomic mass is 127. The molecule has 0 radical (unpaired) electrons. The Kier molecular flexibility index (Phi) is 5.87. The standard InChI is InChI=1S/C17H19ClIN/c1-3-20-17(10-13-7-5-4-6-12(13)2)15-11-14(18)8-9-16(15)19/h4-9,11,17,20H,3,10H2,1-2H3. The minimum Gasteiger partial charge on any atom is -0.310 e. The largest absolute Gasteiger partial charge is 0.310 e. The molecule has 0 aromatic heterocycles. The molecule has 2 aromatic carbocycles. The van der Waals surface area contributed by atoms with Crippen molar-refractivity contribution >= 4 is 34.2 Å². The fourth-order valence-electron chi connectivity index (χ4n) is 2.38. The van der Waals surface area contributed by atoms with E-state index in [0.717, 1.165) is 18.0 Å². The van der Waals surface area contributed by atoms with E-state index in [1.165, 1.54) is 20.3 Å². The van der Waals surface area contributed by atoms with E-state index < -0.39 is 0 Å². The number of hydrogen-bond acceptors (Lipinski definition) is 1. The molecule has 20 heavy (non-hydrogen) atoms. The Morgan fingerprint density at radius 2 is 1.95 bits per heavy atom. The van der Waals surface area contributed by atoms with Crippen LogP contribution in [0, 0.1) is 10.5 Å². The first-order chi connectivity index (χ1) is 9.61. The third kappa shape index (κ3) is 3.96. The van der Waals surface area contributed by atoms with Gasteiger partial charge in [-0.1, -0.05) is 42.8 Å². The molecule has 0 saturated heterocycles. The molecular weight excluding hydrogens is 381 g/mol. The summed E-state index contributed by atoms with van der Waals surface area (Å²) in [6.45, 7) is 5.25. The van der Waals surface area contributed by atoms with Crippen molar-refractivity contribution in [2.45, 2.75) is 26.3 Å². The van der Waals surface area contributed by atoms with E-state index in [9.17, 15) is 0 Å². The fraction of sp³-hybridized carbons (Fsp3) is 0.294. The van der Waals surface area contributed by atoms with Crippen LogP contribution in [0.1, 0.15) is 29.7 Å². The molecule has 1 nitrogen and oxygen atoms in total. The fourth-order valence-corrected chi connectivity index (χ4v) is 3.27. The zero-order valence-electron chi connectivity index (χ0n) is 11.8. The average Bonchev–Trinajstić information content (AvgIpc) is 2.43. The number of aryl methyl sites for hydroxylation is 1. The molecule has 0 fully saturated rings. The number of hydrogen-bond donors (Lipinski definition) is 1. The summed E-state index contributed by atoms with van der Waals surface area (Å²) < 4.78 is 1.26. The van der Waals surface area contributed by atoms with Gasteiger partial charge in [0.2, 0.25) is 0 Å². The van der Waals surface area contributed by atoms with E-state index in [4.69, 9.17) is 11.6 Å². The van der Waals surface area contributed by atoms with E-state index in [1.54, 1.807) is 0 Å². The maximum atomic E-state index is 6.16. The van der Waals surface area contributed by atoms with Crippen LogP contribution in [0.25, 0.3) is 0 Å². The van der Waals surface area contributed by atoms with Crippen molar-refractivity contribution in [3.8, 4) is 0 Å². The number of benzene rings is 2. The molecule has 1 unspecified atom stereocenters. The minimum absolute atomic E-state index is 0.298. The maximum absolute atomic E-state index is 6.16. The van der Waals surface area contributed by atoms with Crippen molar-refractivity contribution in [3.05, 3.63) is 67.7 Å². The molecule has 2 aromatic rings. The predicted octanol–water partition coefficient (Wildman–Crippen LogP) is 5.15. The summed E-state index contributed by atoms with van der Waals surface area (Å²) in [5.41, 5.74) is 4.00. The van der Waals surface area contributed by atoms with Gasteiger partial charge >= 0.3 is 0 Å². The van der Waals surface area contributed by atoms with Crippen LogP contribution in [0.3, 0.4) is 0 Å². The zero-order chi connectivity index (χ0) is 14.5.